The summed E-state index contributed by atoms with van der Waals surface area (Å²) in [5.74, 6) is -0.573. The molecule has 5 nitrogen and oxygen atoms in total. The van der Waals surface area contributed by atoms with Gasteiger partial charge in [-0.3, -0.25) is 14.6 Å². The van der Waals surface area contributed by atoms with E-state index in [1.165, 1.54) is 12.1 Å². The first-order valence-corrected chi connectivity index (χ1v) is 8.71. The first-order valence-electron chi connectivity index (χ1n) is 8.71. The second-order valence-corrected chi connectivity index (χ2v) is 7.00. The van der Waals surface area contributed by atoms with E-state index in [1.54, 1.807) is 11.0 Å². The minimum absolute atomic E-state index is 0.122. The van der Waals surface area contributed by atoms with E-state index in [1.807, 2.05) is 6.07 Å². The van der Waals surface area contributed by atoms with Crippen LogP contribution >= 0.6 is 0 Å². The quantitative estimate of drug-likeness (QED) is 0.932. The largest absolute Gasteiger partial charge is 0.369 e. The second kappa shape index (κ2) is 6.10. The fourth-order valence-corrected chi connectivity index (χ4v) is 3.52. The van der Waals surface area contributed by atoms with Crippen molar-refractivity contribution in [3.05, 3.63) is 41.3 Å². The molecule has 6 heteroatoms. The monoisotopic (exact) mass is 341 g/mol. The maximum absolute atomic E-state index is 13.7. The van der Waals surface area contributed by atoms with Gasteiger partial charge in [0.05, 0.1) is 11.1 Å². The van der Waals surface area contributed by atoms with Crippen LogP contribution in [0, 0.1) is 11.7 Å². The van der Waals surface area contributed by atoms with Crippen molar-refractivity contribution in [3.8, 4) is 0 Å². The Kier molecular flexibility index (Phi) is 3.90. The van der Waals surface area contributed by atoms with Crippen molar-refractivity contribution in [2.24, 2.45) is 11.7 Å². The van der Waals surface area contributed by atoms with Crippen LogP contribution in [0.3, 0.4) is 0 Å². The molecule has 1 aromatic carbocycles. The average Bonchev–Trinajstić information content (AvgIpc) is 3.45. The number of pyridine rings is 1. The lowest BCUT2D eigenvalue weighted by molar-refractivity contribution is -0.123. The highest BCUT2D eigenvalue weighted by molar-refractivity contribution is 6.06. The van der Waals surface area contributed by atoms with Gasteiger partial charge in [-0.1, -0.05) is 0 Å². The van der Waals surface area contributed by atoms with Gasteiger partial charge in [0, 0.05) is 36.0 Å². The lowest BCUT2D eigenvalue weighted by Gasteiger charge is -2.31. The summed E-state index contributed by atoms with van der Waals surface area (Å²) in [4.78, 5) is 30.7. The Bertz CT molecular complexity index is 855. The number of aromatic nitrogens is 1. The van der Waals surface area contributed by atoms with Crippen LogP contribution in [0.25, 0.3) is 10.9 Å². The predicted octanol–water partition coefficient (Wildman–Crippen LogP) is 2.59. The van der Waals surface area contributed by atoms with Crippen molar-refractivity contribution in [1.82, 2.24) is 9.88 Å². The van der Waals surface area contributed by atoms with E-state index >= 15 is 0 Å². The number of nitrogens with two attached hydrogens (primary N) is 1. The fraction of sp³-hybridized carbons (Fsp3) is 0.421. The van der Waals surface area contributed by atoms with E-state index in [0.29, 0.717) is 48.3 Å². The van der Waals surface area contributed by atoms with Crippen molar-refractivity contribution in [2.75, 3.05) is 13.1 Å². The number of hydrogen-bond acceptors (Lipinski definition) is 3. The van der Waals surface area contributed by atoms with Crippen molar-refractivity contribution < 1.29 is 14.0 Å². The number of likely N-dealkylation sites (tertiary alicyclic amines) is 1. The van der Waals surface area contributed by atoms with Crippen LogP contribution in [0.4, 0.5) is 4.39 Å². The molecule has 1 aliphatic carbocycles. The molecule has 2 aromatic rings. The van der Waals surface area contributed by atoms with E-state index < -0.39 is 0 Å². The van der Waals surface area contributed by atoms with Crippen LogP contribution in [0.5, 0.6) is 0 Å². The number of rotatable bonds is 3. The van der Waals surface area contributed by atoms with Crippen LogP contribution < -0.4 is 5.73 Å². The summed E-state index contributed by atoms with van der Waals surface area (Å²) in [6.45, 7) is 0.981. The molecule has 2 heterocycles. The van der Waals surface area contributed by atoms with Gasteiger partial charge in [0.25, 0.3) is 5.91 Å². The van der Waals surface area contributed by atoms with E-state index in [-0.39, 0.29) is 23.5 Å². The summed E-state index contributed by atoms with van der Waals surface area (Å²) < 4.78 is 13.7. The standard InChI is InChI=1S/C19H20FN3O2/c20-13-3-4-16-14(9-13)15(10-17(22-16)11-1-2-11)19(25)23-7-5-12(6-8-23)18(21)24/h3-4,9-12H,1-2,5-8H2,(H2,21,24). The third kappa shape index (κ3) is 3.08. The summed E-state index contributed by atoms with van der Waals surface area (Å²) in [7, 11) is 0. The molecule has 2 fully saturated rings. The van der Waals surface area contributed by atoms with E-state index in [9.17, 15) is 14.0 Å². The lowest BCUT2D eigenvalue weighted by Crippen LogP contribution is -2.41. The topological polar surface area (TPSA) is 76.3 Å². The van der Waals surface area contributed by atoms with Gasteiger partial charge in [0.2, 0.25) is 5.91 Å². The van der Waals surface area contributed by atoms with Crippen LogP contribution in [-0.2, 0) is 4.79 Å². The Balaban J connectivity index is 1.68. The average molecular weight is 341 g/mol. The lowest BCUT2D eigenvalue weighted by atomic mass is 9.95. The zero-order valence-corrected chi connectivity index (χ0v) is 13.9. The number of amides is 2. The summed E-state index contributed by atoms with van der Waals surface area (Å²) in [6, 6.07) is 6.20. The molecule has 4 rings (SSSR count). The van der Waals surface area contributed by atoms with Gasteiger partial charge in [-0.15, -0.1) is 0 Å². The van der Waals surface area contributed by atoms with Gasteiger partial charge >= 0.3 is 0 Å². The minimum Gasteiger partial charge on any atom is -0.369 e. The predicted molar refractivity (Wildman–Crippen MR) is 91.5 cm³/mol. The number of hydrogen-bond donors (Lipinski definition) is 1. The molecule has 1 aromatic heterocycles. The third-order valence-corrected chi connectivity index (χ3v) is 5.20. The van der Waals surface area contributed by atoms with E-state index in [4.69, 9.17) is 5.73 Å². The molecule has 0 spiro atoms. The number of carbonyl (C=O) groups excluding carboxylic acids is 2. The van der Waals surface area contributed by atoms with Gasteiger partial charge in [-0.25, -0.2) is 4.39 Å². The highest BCUT2D eigenvalue weighted by Crippen LogP contribution is 2.40. The molecule has 0 bridgehead atoms. The van der Waals surface area contributed by atoms with Crippen LogP contribution in [-0.4, -0.2) is 34.8 Å². The highest BCUT2D eigenvalue weighted by atomic mass is 19.1. The Morgan fingerprint density at radius 1 is 1.12 bits per heavy atom. The Morgan fingerprint density at radius 3 is 2.48 bits per heavy atom. The molecule has 0 unspecified atom stereocenters. The molecule has 1 saturated heterocycles. The molecular formula is C19H20FN3O2. The summed E-state index contributed by atoms with van der Waals surface area (Å²) in [6.07, 6.45) is 3.32. The first-order chi connectivity index (χ1) is 12.0. The molecule has 25 heavy (non-hydrogen) atoms. The Labute approximate surface area is 145 Å². The van der Waals surface area contributed by atoms with Crippen LogP contribution in [0.2, 0.25) is 0 Å². The van der Waals surface area contributed by atoms with Crippen LogP contribution in [0.1, 0.15) is 47.7 Å². The number of fused-ring (bicyclic) bond motifs is 1. The summed E-state index contributed by atoms with van der Waals surface area (Å²) in [5.41, 5.74) is 7.43. The molecule has 2 amide bonds. The van der Waals surface area contributed by atoms with E-state index in [0.717, 1.165) is 18.5 Å². The van der Waals surface area contributed by atoms with E-state index in [2.05, 4.69) is 4.98 Å². The maximum Gasteiger partial charge on any atom is 0.254 e. The molecule has 1 saturated carbocycles. The van der Waals surface area contributed by atoms with Gasteiger partial charge in [0.1, 0.15) is 5.82 Å². The Hall–Kier alpha value is -2.50. The molecular weight excluding hydrogens is 321 g/mol. The zero-order valence-electron chi connectivity index (χ0n) is 13.9. The normalized spacial score (nSPS) is 18.5. The Morgan fingerprint density at radius 2 is 1.84 bits per heavy atom. The number of halogens is 1. The smallest absolute Gasteiger partial charge is 0.254 e. The molecule has 0 radical (unpaired) electrons. The minimum atomic E-state index is -0.380. The molecule has 0 atom stereocenters. The number of primary amides is 1. The van der Waals surface area contributed by atoms with Gasteiger partial charge in [0.15, 0.2) is 0 Å². The number of benzene rings is 1. The number of carbonyl (C=O) groups is 2. The third-order valence-electron chi connectivity index (χ3n) is 5.20. The number of nitrogens with zero attached hydrogens (tertiary/aromatic N) is 2. The second-order valence-electron chi connectivity index (χ2n) is 7.00. The molecule has 2 aliphatic rings. The van der Waals surface area contributed by atoms with Gasteiger partial charge in [-0.2, -0.15) is 0 Å². The maximum atomic E-state index is 13.7. The van der Waals surface area contributed by atoms with Gasteiger partial charge in [-0.05, 0) is 49.9 Å². The summed E-state index contributed by atoms with van der Waals surface area (Å²) >= 11 is 0. The molecule has 130 valence electrons. The SMILES string of the molecule is NC(=O)C1CCN(C(=O)c2cc(C3CC3)nc3ccc(F)cc23)CC1. The van der Waals surface area contributed by atoms with Gasteiger partial charge < -0.3 is 10.6 Å². The van der Waals surface area contributed by atoms with Crippen LogP contribution in [0.15, 0.2) is 24.3 Å². The van der Waals surface area contributed by atoms with Crippen molar-refractivity contribution >= 4 is 22.7 Å². The number of piperidine rings is 1. The van der Waals surface area contributed by atoms with Crippen molar-refractivity contribution in [3.63, 3.8) is 0 Å². The van der Waals surface area contributed by atoms with Crippen molar-refractivity contribution in [2.45, 2.75) is 31.6 Å². The molecule has 2 N–H and O–H groups in total. The zero-order chi connectivity index (χ0) is 17.6. The summed E-state index contributed by atoms with van der Waals surface area (Å²) in [5, 5.41) is 0.548. The molecule has 1 aliphatic heterocycles. The highest BCUT2D eigenvalue weighted by Gasteiger charge is 2.30. The first kappa shape index (κ1) is 16.0. The fourth-order valence-electron chi connectivity index (χ4n) is 3.52. The van der Waals surface area contributed by atoms with Crippen molar-refractivity contribution in [1.29, 1.82) is 0 Å².